The minimum absolute atomic E-state index is 0.300. The van der Waals surface area contributed by atoms with E-state index in [1.807, 2.05) is 4.90 Å². The lowest BCUT2D eigenvalue weighted by molar-refractivity contribution is -0.133. The largest absolute Gasteiger partial charge is 0.357 e. The van der Waals surface area contributed by atoms with Gasteiger partial charge in [0.15, 0.2) is 5.96 Å². The molecule has 0 bridgehead atoms. The Bertz CT molecular complexity index is 689. The van der Waals surface area contributed by atoms with Gasteiger partial charge in [0.1, 0.15) is 0 Å². The first-order valence-electron chi connectivity index (χ1n) is 11.0. The van der Waals surface area contributed by atoms with Crippen molar-refractivity contribution in [3.05, 3.63) is 15.6 Å². The third-order valence-electron chi connectivity index (χ3n) is 5.67. The number of carbonyl (C=O) groups is 1. The molecule has 2 saturated heterocycles. The third-order valence-corrected chi connectivity index (χ3v) is 6.81. The summed E-state index contributed by atoms with van der Waals surface area (Å²) in [6, 6.07) is 0. The summed E-state index contributed by atoms with van der Waals surface area (Å²) in [7, 11) is 0. The number of likely N-dealkylation sites (tertiary alicyclic amines) is 1. The Balaban J connectivity index is 1.47. The summed E-state index contributed by atoms with van der Waals surface area (Å²) in [6.07, 6.45) is 4.51. The Labute approximate surface area is 179 Å². The van der Waals surface area contributed by atoms with E-state index in [2.05, 4.69) is 40.9 Å². The molecule has 1 amide bonds. The minimum atomic E-state index is 0.300. The van der Waals surface area contributed by atoms with Crippen LogP contribution in [0.2, 0.25) is 0 Å². The highest BCUT2D eigenvalue weighted by Gasteiger charge is 2.24. The summed E-state index contributed by atoms with van der Waals surface area (Å²) in [5.41, 5.74) is 1.14. The molecule has 1 N–H and O–H groups in total. The molecule has 3 heterocycles. The predicted molar refractivity (Wildman–Crippen MR) is 120 cm³/mol. The third kappa shape index (κ3) is 6.40. The van der Waals surface area contributed by atoms with E-state index in [1.165, 1.54) is 11.3 Å². The van der Waals surface area contributed by atoms with Crippen LogP contribution in [0, 0.1) is 13.8 Å². The van der Waals surface area contributed by atoms with Crippen molar-refractivity contribution < 1.29 is 4.79 Å². The van der Waals surface area contributed by atoms with Crippen molar-refractivity contribution in [2.24, 2.45) is 4.99 Å². The first-order valence-corrected chi connectivity index (χ1v) is 11.8. The summed E-state index contributed by atoms with van der Waals surface area (Å²) in [5, 5.41) is 4.56. The second-order valence-corrected chi connectivity index (χ2v) is 9.22. The van der Waals surface area contributed by atoms with Gasteiger partial charge < -0.3 is 15.1 Å². The zero-order valence-corrected chi connectivity index (χ0v) is 19.1. The van der Waals surface area contributed by atoms with Gasteiger partial charge in [-0.15, -0.1) is 11.3 Å². The lowest BCUT2D eigenvalue weighted by atomic mass is 10.1. The van der Waals surface area contributed by atoms with E-state index in [4.69, 9.17) is 4.99 Å². The van der Waals surface area contributed by atoms with E-state index in [9.17, 15) is 4.79 Å². The number of piperazine rings is 1. The van der Waals surface area contributed by atoms with Gasteiger partial charge >= 0.3 is 0 Å². The number of aromatic nitrogens is 1. The fourth-order valence-electron chi connectivity index (χ4n) is 4.05. The number of rotatable bonds is 6. The van der Waals surface area contributed by atoms with Crippen LogP contribution in [0.15, 0.2) is 4.99 Å². The highest BCUT2D eigenvalue weighted by atomic mass is 32.1. The van der Waals surface area contributed by atoms with Crippen LogP contribution >= 0.6 is 11.3 Å². The maximum absolute atomic E-state index is 12.5. The van der Waals surface area contributed by atoms with Gasteiger partial charge in [-0.3, -0.25) is 14.7 Å². The van der Waals surface area contributed by atoms with Crippen LogP contribution in [-0.2, 0) is 11.2 Å². The van der Waals surface area contributed by atoms with Crippen molar-refractivity contribution in [1.29, 1.82) is 0 Å². The van der Waals surface area contributed by atoms with E-state index < -0.39 is 0 Å². The molecule has 3 rings (SSSR count). The average molecular weight is 421 g/mol. The Morgan fingerprint density at radius 3 is 2.41 bits per heavy atom. The molecule has 8 heteroatoms. The molecule has 0 spiro atoms. The maximum atomic E-state index is 12.5. The molecule has 2 aliphatic rings. The van der Waals surface area contributed by atoms with Gasteiger partial charge in [0.25, 0.3) is 0 Å². The number of amides is 1. The Morgan fingerprint density at radius 1 is 1.07 bits per heavy atom. The molecule has 0 atom stereocenters. The minimum Gasteiger partial charge on any atom is -0.357 e. The standard InChI is InChI=1S/C21H36N6OS/c1-4-22-21(23-9-8-19-17(2)24-18(3)29-19)27-14-12-25(13-15-27)16-20(28)26-10-6-5-7-11-26/h4-16H2,1-3H3,(H,22,23). The number of aryl methyl sites for hydroxylation is 2. The molecule has 2 fully saturated rings. The second kappa shape index (κ2) is 10.9. The molecule has 162 valence electrons. The topological polar surface area (TPSA) is 64.1 Å². The van der Waals surface area contributed by atoms with E-state index >= 15 is 0 Å². The lowest BCUT2D eigenvalue weighted by Crippen LogP contribution is -2.54. The molecule has 2 aliphatic heterocycles. The van der Waals surface area contributed by atoms with Gasteiger partial charge in [-0.25, -0.2) is 4.98 Å². The van der Waals surface area contributed by atoms with E-state index in [1.54, 1.807) is 11.3 Å². The van der Waals surface area contributed by atoms with Crippen LogP contribution in [0.1, 0.15) is 41.8 Å². The average Bonchev–Trinajstić information content (AvgIpc) is 3.05. The molecule has 0 aromatic carbocycles. The summed E-state index contributed by atoms with van der Waals surface area (Å²) >= 11 is 1.78. The zero-order valence-electron chi connectivity index (χ0n) is 18.2. The van der Waals surface area contributed by atoms with Crippen molar-refractivity contribution in [3.8, 4) is 0 Å². The molecule has 7 nitrogen and oxygen atoms in total. The smallest absolute Gasteiger partial charge is 0.236 e. The summed E-state index contributed by atoms with van der Waals surface area (Å²) < 4.78 is 0. The molecule has 1 aromatic rings. The SMILES string of the molecule is CCNC(=NCCc1sc(C)nc1C)N1CCN(CC(=O)N2CCCCC2)CC1. The van der Waals surface area contributed by atoms with Gasteiger partial charge in [-0.2, -0.15) is 0 Å². The number of nitrogens with one attached hydrogen (secondary N) is 1. The molecule has 0 unspecified atom stereocenters. The lowest BCUT2D eigenvalue weighted by Gasteiger charge is -2.37. The summed E-state index contributed by atoms with van der Waals surface area (Å²) in [4.78, 5) is 29.9. The predicted octanol–water partition coefficient (Wildman–Crippen LogP) is 1.90. The monoisotopic (exact) mass is 420 g/mol. The number of hydrogen-bond acceptors (Lipinski definition) is 5. The molecule has 1 aromatic heterocycles. The zero-order chi connectivity index (χ0) is 20.6. The quantitative estimate of drug-likeness (QED) is 0.563. The van der Waals surface area contributed by atoms with E-state index in [0.717, 1.165) is 88.3 Å². The number of carbonyl (C=O) groups excluding carboxylic acids is 1. The fourth-order valence-corrected chi connectivity index (χ4v) is 4.97. The number of nitrogens with zero attached hydrogens (tertiary/aromatic N) is 5. The molecule has 0 saturated carbocycles. The van der Waals surface area contributed by atoms with Crippen LogP contribution in [0.3, 0.4) is 0 Å². The molecular formula is C21H36N6OS. The van der Waals surface area contributed by atoms with Crippen LogP contribution < -0.4 is 5.32 Å². The highest BCUT2D eigenvalue weighted by molar-refractivity contribution is 7.11. The van der Waals surface area contributed by atoms with Gasteiger partial charge in [-0.05, 0) is 40.0 Å². The molecule has 0 aliphatic carbocycles. The number of piperidine rings is 1. The van der Waals surface area contributed by atoms with Crippen molar-refractivity contribution in [2.75, 3.05) is 58.9 Å². The van der Waals surface area contributed by atoms with Gasteiger partial charge in [-0.1, -0.05) is 0 Å². The Morgan fingerprint density at radius 2 is 1.79 bits per heavy atom. The normalized spacial score (nSPS) is 18.9. The molecule has 0 radical (unpaired) electrons. The highest BCUT2D eigenvalue weighted by Crippen LogP contribution is 2.17. The molecule has 29 heavy (non-hydrogen) atoms. The number of hydrogen-bond donors (Lipinski definition) is 1. The van der Waals surface area contributed by atoms with Crippen molar-refractivity contribution in [3.63, 3.8) is 0 Å². The first-order chi connectivity index (χ1) is 14.1. The fraction of sp³-hybridized carbons (Fsp3) is 0.762. The summed E-state index contributed by atoms with van der Waals surface area (Å²) in [5.74, 6) is 1.29. The number of thiazole rings is 1. The van der Waals surface area contributed by atoms with Crippen LogP contribution in [0.5, 0.6) is 0 Å². The Kier molecular flexibility index (Phi) is 8.29. The Hall–Kier alpha value is -1.67. The van der Waals surface area contributed by atoms with Gasteiger partial charge in [0.2, 0.25) is 5.91 Å². The van der Waals surface area contributed by atoms with Crippen LogP contribution in [0.25, 0.3) is 0 Å². The second-order valence-electron chi connectivity index (χ2n) is 7.93. The van der Waals surface area contributed by atoms with Crippen LogP contribution in [0.4, 0.5) is 0 Å². The van der Waals surface area contributed by atoms with Crippen molar-refractivity contribution in [2.45, 2.75) is 46.5 Å². The van der Waals surface area contributed by atoms with Crippen molar-refractivity contribution >= 4 is 23.2 Å². The summed E-state index contributed by atoms with van der Waals surface area (Å²) in [6.45, 7) is 14.0. The first kappa shape index (κ1) is 22.0. The number of guanidine groups is 1. The molecular weight excluding hydrogens is 384 g/mol. The van der Waals surface area contributed by atoms with E-state index in [-0.39, 0.29) is 0 Å². The maximum Gasteiger partial charge on any atom is 0.236 e. The number of aliphatic imine (C=N–C) groups is 1. The van der Waals surface area contributed by atoms with Gasteiger partial charge in [0, 0.05) is 63.7 Å². The van der Waals surface area contributed by atoms with Crippen molar-refractivity contribution in [1.82, 2.24) is 25.0 Å². The van der Waals surface area contributed by atoms with E-state index in [0.29, 0.717) is 12.5 Å². The van der Waals surface area contributed by atoms with Crippen LogP contribution in [-0.4, -0.2) is 90.5 Å². The van der Waals surface area contributed by atoms with Gasteiger partial charge in [0.05, 0.1) is 17.2 Å².